The summed E-state index contributed by atoms with van der Waals surface area (Å²) in [5.74, 6) is 0. The fraction of sp³-hybridized carbons (Fsp3) is 0.300. The van der Waals surface area contributed by atoms with E-state index in [0.29, 0.717) is 0 Å². The topological polar surface area (TPSA) is 24.7 Å². The van der Waals surface area contributed by atoms with Crippen LogP contribution in [-0.4, -0.2) is 11.4 Å². The van der Waals surface area contributed by atoms with Gasteiger partial charge in [0, 0.05) is 0 Å². The highest BCUT2D eigenvalue weighted by Gasteiger charge is 2.03. The van der Waals surface area contributed by atoms with Crippen LogP contribution < -0.4 is 0 Å². The predicted octanol–water partition coefficient (Wildman–Crippen LogP) is 5.81. The smallest absolute Gasteiger partial charge is 0.0662 e. The van der Waals surface area contributed by atoms with Crippen LogP contribution in [0.25, 0.3) is 0 Å². The molecule has 22 heavy (non-hydrogen) atoms. The van der Waals surface area contributed by atoms with Crippen LogP contribution in [0.2, 0.25) is 0 Å². The van der Waals surface area contributed by atoms with E-state index in [4.69, 9.17) is 9.98 Å². The van der Waals surface area contributed by atoms with Gasteiger partial charge in [-0.05, 0) is 64.8 Å². The molecule has 0 aliphatic heterocycles. The molecule has 0 bridgehead atoms. The van der Waals surface area contributed by atoms with Crippen molar-refractivity contribution in [2.75, 3.05) is 0 Å². The Hall–Kier alpha value is -2.22. The molecule has 0 unspecified atom stereocenters. The van der Waals surface area contributed by atoms with Crippen LogP contribution in [0, 0.1) is 27.7 Å². The molecule has 2 aromatic rings. The van der Waals surface area contributed by atoms with E-state index < -0.39 is 0 Å². The molecule has 0 spiro atoms. The average Bonchev–Trinajstić information content (AvgIpc) is 2.44. The van der Waals surface area contributed by atoms with E-state index in [9.17, 15) is 0 Å². The molecular weight excluding hydrogens is 268 g/mol. The molecule has 0 saturated carbocycles. The number of hydrogen-bond donors (Lipinski definition) is 0. The van der Waals surface area contributed by atoms with Gasteiger partial charge >= 0.3 is 0 Å². The number of benzene rings is 2. The molecule has 0 fully saturated rings. The summed E-state index contributed by atoms with van der Waals surface area (Å²) in [5, 5.41) is 0. The Kier molecular flexibility index (Phi) is 4.92. The maximum atomic E-state index is 4.73. The first kappa shape index (κ1) is 16.2. The van der Waals surface area contributed by atoms with Gasteiger partial charge in [-0.2, -0.15) is 0 Å². The minimum Gasteiger partial charge on any atom is -0.252 e. The molecule has 0 amide bonds. The first-order valence-electron chi connectivity index (χ1n) is 7.62. The van der Waals surface area contributed by atoms with Gasteiger partial charge in [-0.15, -0.1) is 0 Å². The molecule has 2 nitrogen and oxygen atoms in total. The second-order valence-corrected chi connectivity index (χ2v) is 5.97. The highest BCUT2D eigenvalue weighted by Crippen LogP contribution is 2.22. The fourth-order valence-electron chi connectivity index (χ4n) is 2.38. The minimum absolute atomic E-state index is 0.951. The quantitative estimate of drug-likeness (QED) is 0.638. The molecular formula is C20H24N2. The van der Waals surface area contributed by atoms with Gasteiger partial charge < -0.3 is 0 Å². The number of nitrogens with zero attached hydrogens (tertiary/aromatic N) is 2. The number of hydrogen-bond acceptors (Lipinski definition) is 2. The standard InChI is InChI=1S/C20H24N2/c1-13-7-9-19(15(3)11-13)21-17(5)18(6)22-20-10-8-14(2)12-16(20)4/h7-12H,1-6H3. The van der Waals surface area contributed by atoms with Gasteiger partial charge in [0.15, 0.2) is 0 Å². The first-order valence-corrected chi connectivity index (χ1v) is 7.62. The largest absolute Gasteiger partial charge is 0.252 e. The number of aliphatic imine (C=N–C) groups is 2. The third-order valence-electron chi connectivity index (χ3n) is 3.80. The normalized spacial score (nSPS) is 12.6. The lowest BCUT2D eigenvalue weighted by Crippen LogP contribution is -2.05. The zero-order valence-electron chi connectivity index (χ0n) is 14.4. The van der Waals surface area contributed by atoms with Crippen molar-refractivity contribution in [2.45, 2.75) is 41.5 Å². The lowest BCUT2D eigenvalue weighted by Gasteiger charge is -2.06. The Morgan fingerprint density at radius 1 is 0.636 bits per heavy atom. The molecule has 0 aromatic heterocycles. The summed E-state index contributed by atoms with van der Waals surface area (Å²) >= 11 is 0. The van der Waals surface area contributed by atoms with Crippen LogP contribution in [0.4, 0.5) is 11.4 Å². The molecule has 0 aliphatic rings. The van der Waals surface area contributed by atoms with Crippen molar-refractivity contribution in [3.05, 3.63) is 58.7 Å². The lowest BCUT2D eigenvalue weighted by molar-refractivity contribution is 1.33. The van der Waals surface area contributed by atoms with Crippen molar-refractivity contribution >= 4 is 22.8 Å². The van der Waals surface area contributed by atoms with Gasteiger partial charge in [0.25, 0.3) is 0 Å². The van der Waals surface area contributed by atoms with Crippen molar-refractivity contribution in [3.63, 3.8) is 0 Å². The zero-order valence-corrected chi connectivity index (χ0v) is 14.4. The van der Waals surface area contributed by atoms with E-state index in [-0.39, 0.29) is 0 Å². The summed E-state index contributed by atoms with van der Waals surface area (Å²) in [4.78, 5) is 9.46. The van der Waals surface area contributed by atoms with Crippen LogP contribution in [0.3, 0.4) is 0 Å². The summed E-state index contributed by atoms with van der Waals surface area (Å²) in [5.41, 5.74) is 8.83. The second-order valence-electron chi connectivity index (χ2n) is 5.97. The summed E-state index contributed by atoms with van der Waals surface area (Å²) in [6.07, 6.45) is 0. The third kappa shape index (κ3) is 3.91. The molecule has 0 N–H and O–H groups in total. The van der Waals surface area contributed by atoms with Gasteiger partial charge in [-0.25, -0.2) is 0 Å². The van der Waals surface area contributed by atoms with Crippen molar-refractivity contribution in [1.29, 1.82) is 0 Å². The number of rotatable bonds is 3. The van der Waals surface area contributed by atoms with Crippen LogP contribution in [0.15, 0.2) is 46.4 Å². The molecule has 0 aliphatic carbocycles. The zero-order chi connectivity index (χ0) is 16.3. The fourth-order valence-corrected chi connectivity index (χ4v) is 2.38. The van der Waals surface area contributed by atoms with Crippen molar-refractivity contribution in [2.24, 2.45) is 9.98 Å². The maximum absolute atomic E-state index is 4.73. The van der Waals surface area contributed by atoms with E-state index in [1.807, 2.05) is 13.8 Å². The Morgan fingerprint density at radius 2 is 1.00 bits per heavy atom. The summed E-state index contributed by atoms with van der Waals surface area (Å²) in [6, 6.07) is 12.6. The molecule has 2 rings (SSSR count). The average molecular weight is 292 g/mol. The Morgan fingerprint density at radius 3 is 1.32 bits per heavy atom. The monoisotopic (exact) mass is 292 g/mol. The predicted molar refractivity (Wildman–Crippen MR) is 97.4 cm³/mol. The molecule has 0 saturated heterocycles. The van der Waals surface area contributed by atoms with Gasteiger partial charge in [-0.3, -0.25) is 9.98 Å². The molecule has 114 valence electrons. The van der Waals surface area contributed by atoms with Crippen LogP contribution in [0.1, 0.15) is 36.1 Å². The van der Waals surface area contributed by atoms with Crippen LogP contribution in [0.5, 0.6) is 0 Å². The molecule has 2 heteroatoms. The van der Waals surface area contributed by atoms with Gasteiger partial charge in [-0.1, -0.05) is 35.4 Å². The Bertz CT molecular complexity index is 687. The minimum atomic E-state index is 0.951. The van der Waals surface area contributed by atoms with Crippen molar-refractivity contribution in [1.82, 2.24) is 0 Å². The van der Waals surface area contributed by atoms with E-state index in [0.717, 1.165) is 22.8 Å². The van der Waals surface area contributed by atoms with E-state index in [1.165, 1.54) is 22.3 Å². The highest BCUT2D eigenvalue weighted by molar-refractivity contribution is 6.41. The third-order valence-corrected chi connectivity index (χ3v) is 3.80. The highest BCUT2D eigenvalue weighted by atomic mass is 14.8. The van der Waals surface area contributed by atoms with E-state index in [1.54, 1.807) is 0 Å². The summed E-state index contributed by atoms with van der Waals surface area (Å²) in [7, 11) is 0. The van der Waals surface area contributed by atoms with Gasteiger partial charge in [0.1, 0.15) is 0 Å². The van der Waals surface area contributed by atoms with Gasteiger partial charge in [0.2, 0.25) is 0 Å². The Labute approximate surface area is 133 Å². The summed E-state index contributed by atoms with van der Waals surface area (Å²) in [6.45, 7) is 12.4. The van der Waals surface area contributed by atoms with Crippen LogP contribution >= 0.6 is 0 Å². The second kappa shape index (κ2) is 6.69. The van der Waals surface area contributed by atoms with E-state index in [2.05, 4.69) is 64.1 Å². The number of aryl methyl sites for hydroxylation is 4. The first-order chi connectivity index (χ1) is 10.4. The SMILES string of the molecule is CC(=Nc1ccc(C)cc1C)C(C)=Nc1ccc(C)cc1C. The van der Waals surface area contributed by atoms with Crippen LogP contribution in [-0.2, 0) is 0 Å². The molecule has 2 aromatic carbocycles. The maximum Gasteiger partial charge on any atom is 0.0662 e. The molecule has 0 radical (unpaired) electrons. The van der Waals surface area contributed by atoms with Crippen molar-refractivity contribution < 1.29 is 0 Å². The van der Waals surface area contributed by atoms with Gasteiger partial charge in [0.05, 0.1) is 22.8 Å². The molecule has 0 atom stereocenters. The summed E-state index contributed by atoms with van der Waals surface area (Å²) < 4.78 is 0. The lowest BCUT2D eigenvalue weighted by atomic mass is 10.1. The van der Waals surface area contributed by atoms with Crippen molar-refractivity contribution in [3.8, 4) is 0 Å². The molecule has 0 heterocycles. The Balaban J connectivity index is 2.33. The van der Waals surface area contributed by atoms with E-state index >= 15 is 0 Å².